The van der Waals surface area contributed by atoms with Gasteiger partial charge < -0.3 is 13.6 Å². The quantitative estimate of drug-likeness (QED) is 0.144. The van der Waals surface area contributed by atoms with Crippen LogP contribution < -0.4 is 10.4 Å². The molecule has 3 atom stereocenters. The largest absolute Gasteiger partial charge is 0.457 e. The molecule has 1 saturated heterocycles. The fourth-order valence-electron chi connectivity index (χ4n) is 6.87. The van der Waals surface area contributed by atoms with E-state index in [1.54, 1.807) is 0 Å². The van der Waals surface area contributed by atoms with Crippen LogP contribution >= 0.6 is 0 Å². The van der Waals surface area contributed by atoms with Gasteiger partial charge in [0, 0.05) is 6.42 Å². The van der Waals surface area contributed by atoms with Crippen molar-refractivity contribution < 1.29 is 18.4 Å². The van der Waals surface area contributed by atoms with Crippen molar-refractivity contribution in [2.45, 2.75) is 115 Å². The molecule has 6 heteroatoms. The number of benzene rings is 2. The number of hydrogen-bond acceptors (Lipinski definition) is 4. The van der Waals surface area contributed by atoms with E-state index in [9.17, 15) is 4.79 Å². The van der Waals surface area contributed by atoms with E-state index < -0.39 is 22.7 Å². The van der Waals surface area contributed by atoms with Crippen LogP contribution in [0.3, 0.4) is 0 Å². The van der Waals surface area contributed by atoms with Gasteiger partial charge in [-0.05, 0) is 38.5 Å². The van der Waals surface area contributed by atoms with Crippen LogP contribution in [0, 0.1) is 0 Å². The molecule has 1 aliphatic rings. The van der Waals surface area contributed by atoms with Gasteiger partial charge in [0.05, 0.1) is 6.10 Å². The summed E-state index contributed by atoms with van der Waals surface area (Å²) in [5, 5.41) is 2.10. The molecule has 1 fully saturated rings. The van der Waals surface area contributed by atoms with Crippen LogP contribution in [0.4, 0.5) is 0 Å². The predicted octanol–water partition coefficient (Wildman–Crippen LogP) is 7.38. The van der Waals surface area contributed by atoms with Gasteiger partial charge in [-0.2, -0.15) is 0 Å². The molecule has 214 valence electrons. The van der Waals surface area contributed by atoms with Crippen molar-refractivity contribution >= 4 is 33.0 Å². The highest BCUT2D eigenvalue weighted by molar-refractivity contribution is 6.99. The second kappa shape index (κ2) is 12.7. The summed E-state index contributed by atoms with van der Waals surface area (Å²) in [6, 6.07) is 20.9. The fraction of sp³-hybridized carbons (Fsp3) is 0.545. The van der Waals surface area contributed by atoms with E-state index in [1.807, 2.05) is 18.2 Å². The molecular formula is C33H50O4Si2. The van der Waals surface area contributed by atoms with E-state index in [1.165, 1.54) is 0 Å². The van der Waals surface area contributed by atoms with Crippen molar-refractivity contribution in [1.29, 1.82) is 0 Å². The minimum Gasteiger partial charge on any atom is -0.457 e. The predicted molar refractivity (Wildman–Crippen MR) is 168 cm³/mol. The lowest BCUT2D eigenvalue weighted by Crippen LogP contribution is -2.71. The lowest BCUT2D eigenvalue weighted by molar-refractivity contribution is -0.197. The molecule has 1 aliphatic heterocycles. The summed E-state index contributed by atoms with van der Waals surface area (Å²) in [6.07, 6.45) is 2.23. The van der Waals surface area contributed by atoms with E-state index in [0.29, 0.717) is 23.0 Å². The molecule has 0 bridgehead atoms. The summed E-state index contributed by atoms with van der Waals surface area (Å²) in [5.74, 6) is -0.273. The molecule has 0 unspecified atom stereocenters. The third-order valence-corrected chi connectivity index (χ3v) is 19.7. The van der Waals surface area contributed by atoms with Gasteiger partial charge in [-0.1, -0.05) is 129 Å². The smallest absolute Gasteiger partial charge is 0.338 e. The zero-order chi connectivity index (χ0) is 29.0. The lowest BCUT2D eigenvalue weighted by Gasteiger charge is -2.49. The third kappa shape index (κ3) is 6.19. The minimum atomic E-state index is -2.89. The highest BCUT2D eigenvalue weighted by Crippen LogP contribution is 2.45. The van der Waals surface area contributed by atoms with E-state index in [0.717, 1.165) is 16.8 Å². The number of carbonyl (C=O) groups is 1. The monoisotopic (exact) mass is 566 g/mol. The molecule has 0 amide bonds. The Bertz CT molecular complexity index is 1010. The number of carbonyl (C=O) groups excluding carboxylic acids is 1. The number of cyclic esters (lactones) is 1. The number of esters is 1. The van der Waals surface area contributed by atoms with Crippen LogP contribution in [0.1, 0.15) is 75.2 Å². The molecule has 39 heavy (non-hydrogen) atoms. The first-order chi connectivity index (χ1) is 18.3. The maximum Gasteiger partial charge on any atom is 0.338 e. The molecule has 0 spiro atoms. The number of ether oxygens (including phenoxy) is 1. The maximum absolute atomic E-state index is 13.1. The Labute approximate surface area is 239 Å². The first-order valence-electron chi connectivity index (χ1n) is 14.6. The number of hydrogen-bond donors (Lipinski definition) is 0. The summed E-state index contributed by atoms with van der Waals surface area (Å²) in [5.41, 5.74) is 1.41. The highest BCUT2D eigenvalue weighted by atomic mass is 28.4. The number of rotatable bonds is 13. The molecular weight excluding hydrogens is 517 g/mol. The van der Waals surface area contributed by atoms with E-state index in [4.69, 9.17) is 13.6 Å². The summed E-state index contributed by atoms with van der Waals surface area (Å²) in [6.45, 7) is 24.5. The first-order valence-corrected chi connectivity index (χ1v) is 18.6. The molecule has 0 radical (unpaired) electrons. The van der Waals surface area contributed by atoms with Crippen LogP contribution in [-0.4, -0.2) is 40.9 Å². The van der Waals surface area contributed by atoms with Crippen molar-refractivity contribution in [1.82, 2.24) is 0 Å². The van der Waals surface area contributed by atoms with E-state index in [2.05, 4.69) is 117 Å². The van der Waals surface area contributed by atoms with Crippen LogP contribution in [0.15, 0.2) is 73.3 Å². The molecule has 0 N–H and O–H groups in total. The first kappa shape index (κ1) is 31.5. The summed E-state index contributed by atoms with van der Waals surface area (Å²) in [4.78, 5) is 13.1. The Morgan fingerprint density at radius 1 is 0.872 bits per heavy atom. The molecule has 0 saturated carbocycles. The van der Waals surface area contributed by atoms with Crippen molar-refractivity contribution in [2.24, 2.45) is 0 Å². The van der Waals surface area contributed by atoms with Gasteiger partial charge in [-0.15, -0.1) is 6.58 Å². The van der Waals surface area contributed by atoms with Crippen molar-refractivity contribution in [3.8, 4) is 0 Å². The standard InChI is InChI=1S/C33H50O4Si2/c1-11-18-27(36-38(24(2)3,25(4)5)26(6)7)23-30-31(32(34)35-30)37-39(33(8,9)10,28-19-14-12-15-20-28)29-21-16-13-17-22-29/h11-17,19-22,24-27,30-31H,1,18,23H2,2-10H3/t27-,30-,31-/m1/s1. The highest BCUT2D eigenvalue weighted by Gasteiger charge is 2.57. The maximum atomic E-state index is 13.1. The van der Waals surface area contributed by atoms with Gasteiger partial charge in [0.15, 0.2) is 6.10 Å². The Kier molecular flexibility index (Phi) is 10.2. The zero-order valence-electron chi connectivity index (χ0n) is 25.6. The van der Waals surface area contributed by atoms with Crippen LogP contribution in [0.25, 0.3) is 0 Å². The van der Waals surface area contributed by atoms with Gasteiger partial charge in [-0.3, -0.25) is 0 Å². The van der Waals surface area contributed by atoms with Crippen molar-refractivity contribution in [3.05, 3.63) is 73.3 Å². The molecule has 2 aromatic rings. The SMILES string of the molecule is C=CC[C@H](C[C@H]1OC(=O)[C@@H]1O[Si](c1ccccc1)(c1ccccc1)C(C)(C)C)O[Si](C(C)C)(C(C)C)C(C)C. The molecule has 3 rings (SSSR count). The fourth-order valence-corrected chi connectivity index (χ4v) is 17.1. The molecule has 2 aromatic carbocycles. The zero-order valence-corrected chi connectivity index (χ0v) is 27.6. The van der Waals surface area contributed by atoms with Crippen LogP contribution in [-0.2, 0) is 18.4 Å². The Morgan fingerprint density at radius 2 is 1.33 bits per heavy atom. The summed E-state index contributed by atoms with van der Waals surface area (Å²) >= 11 is 0. The van der Waals surface area contributed by atoms with Gasteiger partial charge >= 0.3 is 5.97 Å². The van der Waals surface area contributed by atoms with Crippen LogP contribution in [0.5, 0.6) is 0 Å². The Morgan fingerprint density at radius 3 is 1.69 bits per heavy atom. The van der Waals surface area contributed by atoms with E-state index >= 15 is 0 Å². The van der Waals surface area contributed by atoms with Crippen molar-refractivity contribution in [3.63, 3.8) is 0 Å². The van der Waals surface area contributed by atoms with Gasteiger partial charge in [0.25, 0.3) is 8.32 Å². The van der Waals surface area contributed by atoms with Gasteiger partial charge in [-0.25, -0.2) is 4.79 Å². The third-order valence-electron chi connectivity index (χ3n) is 8.56. The average molecular weight is 567 g/mol. The Hall–Kier alpha value is -2.00. The van der Waals surface area contributed by atoms with Gasteiger partial charge in [0.1, 0.15) is 6.10 Å². The topological polar surface area (TPSA) is 44.8 Å². The lowest BCUT2D eigenvalue weighted by atomic mass is 10.0. The molecule has 0 aliphatic carbocycles. The minimum absolute atomic E-state index is 0.0651. The summed E-state index contributed by atoms with van der Waals surface area (Å²) < 4.78 is 20.1. The van der Waals surface area contributed by atoms with E-state index in [-0.39, 0.29) is 23.2 Å². The van der Waals surface area contributed by atoms with Crippen molar-refractivity contribution in [2.75, 3.05) is 0 Å². The van der Waals surface area contributed by atoms with Crippen LogP contribution in [0.2, 0.25) is 21.7 Å². The van der Waals surface area contributed by atoms with Gasteiger partial charge in [0.2, 0.25) is 8.32 Å². The normalized spacial score (nSPS) is 19.2. The molecule has 1 heterocycles. The summed E-state index contributed by atoms with van der Waals surface area (Å²) in [7, 11) is -5.01. The Balaban J connectivity index is 1.99. The second-order valence-corrected chi connectivity index (χ2v) is 22.7. The second-order valence-electron chi connectivity index (χ2n) is 13.0. The average Bonchev–Trinajstić information content (AvgIpc) is 2.87. The molecule has 0 aromatic heterocycles. The molecule has 4 nitrogen and oxygen atoms in total.